The van der Waals surface area contributed by atoms with E-state index in [-0.39, 0.29) is 10.9 Å². The third-order valence-electron chi connectivity index (χ3n) is 3.07. The first-order valence-electron chi connectivity index (χ1n) is 5.63. The number of nitrogens with one attached hydrogen (secondary N) is 1. The molecular formula is C10H17N3O2S. The molecule has 0 aromatic carbocycles. The van der Waals surface area contributed by atoms with Crippen LogP contribution >= 0.6 is 0 Å². The lowest BCUT2D eigenvalue weighted by Gasteiger charge is -2.25. The number of rotatable bonds is 2. The molecule has 90 valence electrons. The molecule has 1 unspecified atom stereocenters. The van der Waals surface area contributed by atoms with Crippen molar-refractivity contribution in [1.29, 1.82) is 0 Å². The van der Waals surface area contributed by atoms with Gasteiger partial charge in [0.05, 0.1) is 6.20 Å². The lowest BCUT2D eigenvalue weighted by Crippen LogP contribution is -2.38. The summed E-state index contributed by atoms with van der Waals surface area (Å²) in [6, 6.07) is 0.0856. The van der Waals surface area contributed by atoms with Gasteiger partial charge in [0.25, 0.3) is 0 Å². The minimum Gasteiger partial charge on any atom is -0.284 e. The molecule has 1 aliphatic rings. The van der Waals surface area contributed by atoms with Crippen LogP contribution in [-0.2, 0) is 10.0 Å². The van der Waals surface area contributed by atoms with Crippen LogP contribution in [0.2, 0.25) is 0 Å². The molecule has 5 nitrogen and oxygen atoms in total. The van der Waals surface area contributed by atoms with Gasteiger partial charge >= 0.3 is 0 Å². The van der Waals surface area contributed by atoms with Crippen LogP contribution in [0.1, 0.15) is 32.6 Å². The Morgan fingerprint density at radius 3 is 2.94 bits per heavy atom. The van der Waals surface area contributed by atoms with Crippen LogP contribution in [0, 0.1) is 0 Å². The van der Waals surface area contributed by atoms with Crippen LogP contribution < -0.4 is 0 Å². The van der Waals surface area contributed by atoms with Crippen LogP contribution in [0.25, 0.3) is 0 Å². The van der Waals surface area contributed by atoms with Crippen molar-refractivity contribution in [3.8, 4) is 0 Å². The first-order valence-corrected chi connectivity index (χ1v) is 7.07. The smallest absolute Gasteiger partial charge is 0.246 e. The van der Waals surface area contributed by atoms with Crippen LogP contribution in [0.4, 0.5) is 0 Å². The quantitative estimate of drug-likeness (QED) is 0.853. The largest absolute Gasteiger partial charge is 0.284 e. The van der Waals surface area contributed by atoms with Crippen molar-refractivity contribution < 1.29 is 8.42 Å². The molecule has 1 atom stereocenters. The topological polar surface area (TPSA) is 66.1 Å². The number of sulfonamides is 1. The number of hydrogen-bond acceptors (Lipinski definition) is 3. The van der Waals surface area contributed by atoms with Crippen molar-refractivity contribution in [3.05, 3.63) is 12.4 Å². The molecule has 1 fully saturated rings. The second kappa shape index (κ2) is 4.55. The SMILES string of the molecule is CC1CCCCCN1S(=O)(=O)c1cn[nH]c1. The Hall–Kier alpha value is -0.880. The number of nitrogens with zero attached hydrogens (tertiary/aromatic N) is 2. The molecule has 0 bridgehead atoms. The van der Waals surface area contributed by atoms with Gasteiger partial charge in [0.1, 0.15) is 4.90 Å². The number of aromatic amines is 1. The highest BCUT2D eigenvalue weighted by molar-refractivity contribution is 7.89. The predicted molar refractivity (Wildman–Crippen MR) is 60.4 cm³/mol. The van der Waals surface area contributed by atoms with Gasteiger partial charge in [0, 0.05) is 18.8 Å². The maximum absolute atomic E-state index is 12.3. The standard InChI is InChI=1S/C10H17N3O2S/c1-9-5-3-2-4-6-13(9)16(14,15)10-7-11-12-8-10/h7-9H,2-6H2,1H3,(H,11,12). The van der Waals surface area contributed by atoms with Gasteiger partial charge in [-0.3, -0.25) is 5.10 Å². The Morgan fingerprint density at radius 2 is 2.25 bits per heavy atom. The molecule has 6 heteroatoms. The summed E-state index contributed by atoms with van der Waals surface area (Å²) < 4.78 is 26.2. The van der Waals surface area contributed by atoms with E-state index in [9.17, 15) is 8.42 Å². The van der Waals surface area contributed by atoms with E-state index in [2.05, 4.69) is 10.2 Å². The maximum atomic E-state index is 12.3. The zero-order valence-corrected chi connectivity index (χ0v) is 10.2. The molecule has 1 saturated heterocycles. The number of aromatic nitrogens is 2. The average molecular weight is 243 g/mol. The molecule has 0 radical (unpaired) electrons. The van der Waals surface area contributed by atoms with Gasteiger partial charge < -0.3 is 0 Å². The molecule has 0 saturated carbocycles. The van der Waals surface area contributed by atoms with Gasteiger partial charge in [-0.2, -0.15) is 9.40 Å². The van der Waals surface area contributed by atoms with E-state index in [1.165, 1.54) is 12.4 Å². The highest BCUT2D eigenvalue weighted by Crippen LogP contribution is 2.23. The summed E-state index contributed by atoms with van der Waals surface area (Å²) in [4.78, 5) is 0.265. The highest BCUT2D eigenvalue weighted by Gasteiger charge is 2.30. The second-order valence-electron chi connectivity index (χ2n) is 4.25. The Morgan fingerprint density at radius 1 is 1.44 bits per heavy atom. The monoisotopic (exact) mass is 243 g/mol. The van der Waals surface area contributed by atoms with E-state index in [0.29, 0.717) is 6.54 Å². The molecule has 2 rings (SSSR count). The fraction of sp³-hybridized carbons (Fsp3) is 0.700. The molecule has 0 aliphatic carbocycles. The van der Waals surface area contributed by atoms with Crippen LogP contribution in [0.3, 0.4) is 0 Å². The summed E-state index contributed by atoms with van der Waals surface area (Å²) in [5, 5.41) is 6.25. The molecule has 16 heavy (non-hydrogen) atoms. The summed E-state index contributed by atoms with van der Waals surface area (Å²) in [5.41, 5.74) is 0. The van der Waals surface area contributed by atoms with Gasteiger partial charge in [-0.25, -0.2) is 8.42 Å². The summed E-state index contributed by atoms with van der Waals surface area (Å²) in [7, 11) is -3.35. The van der Waals surface area contributed by atoms with E-state index in [0.717, 1.165) is 25.7 Å². The van der Waals surface area contributed by atoms with E-state index in [4.69, 9.17) is 0 Å². The van der Waals surface area contributed by atoms with Gasteiger partial charge in [0.15, 0.2) is 0 Å². The minimum atomic E-state index is -3.35. The Labute approximate surface area is 95.9 Å². The van der Waals surface area contributed by atoms with Gasteiger partial charge in [-0.15, -0.1) is 0 Å². The van der Waals surface area contributed by atoms with Crippen LogP contribution in [0.5, 0.6) is 0 Å². The van der Waals surface area contributed by atoms with Crippen molar-refractivity contribution in [2.45, 2.75) is 43.5 Å². The summed E-state index contributed by atoms with van der Waals surface area (Å²) in [6.07, 6.45) is 6.92. The first-order chi connectivity index (χ1) is 7.62. The van der Waals surface area contributed by atoms with E-state index in [1.54, 1.807) is 4.31 Å². The summed E-state index contributed by atoms with van der Waals surface area (Å²) >= 11 is 0. The molecule has 1 aromatic heterocycles. The summed E-state index contributed by atoms with van der Waals surface area (Å²) in [5.74, 6) is 0. The normalized spacial score (nSPS) is 24.2. The molecule has 2 heterocycles. The first kappa shape index (κ1) is 11.6. The average Bonchev–Trinajstić information content (AvgIpc) is 2.69. The fourth-order valence-corrected chi connectivity index (χ4v) is 3.73. The van der Waals surface area contributed by atoms with Crippen LogP contribution in [-0.4, -0.2) is 35.5 Å². The molecule has 0 amide bonds. The zero-order chi connectivity index (χ0) is 11.6. The molecular weight excluding hydrogens is 226 g/mol. The van der Waals surface area contributed by atoms with Crippen molar-refractivity contribution in [2.24, 2.45) is 0 Å². The third kappa shape index (κ3) is 2.12. The predicted octanol–water partition coefficient (Wildman–Crippen LogP) is 1.36. The minimum absolute atomic E-state index is 0.0856. The van der Waals surface area contributed by atoms with Gasteiger partial charge in [0.2, 0.25) is 10.0 Å². The van der Waals surface area contributed by atoms with E-state index in [1.807, 2.05) is 6.92 Å². The zero-order valence-electron chi connectivity index (χ0n) is 9.39. The van der Waals surface area contributed by atoms with E-state index < -0.39 is 10.0 Å². The molecule has 1 aliphatic heterocycles. The van der Waals surface area contributed by atoms with Crippen molar-refractivity contribution in [3.63, 3.8) is 0 Å². The van der Waals surface area contributed by atoms with E-state index >= 15 is 0 Å². The van der Waals surface area contributed by atoms with Crippen LogP contribution in [0.15, 0.2) is 17.3 Å². The lowest BCUT2D eigenvalue weighted by molar-refractivity contribution is 0.342. The molecule has 0 spiro atoms. The Bertz CT molecular complexity index is 427. The van der Waals surface area contributed by atoms with Crippen molar-refractivity contribution >= 4 is 10.0 Å². The number of H-pyrrole nitrogens is 1. The van der Waals surface area contributed by atoms with Crippen molar-refractivity contribution in [2.75, 3.05) is 6.54 Å². The highest BCUT2D eigenvalue weighted by atomic mass is 32.2. The summed E-state index contributed by atoms with van der Waals surface area (Å²) in [6.45, 7) is 2.59. The fourth-order valence-electron chi connectivity index (χ4n) is 2.12. The molecule has 1 aromatic rings. The molecule has 1 N–H and O–H groups in total. The van der Waals surface area contributed by atoms with Crippen molar-refractivity contribution in [1.82, 2.24) is 14.5 Å². The van der Waals surface area contributed by atoms with Gasteiger partial charge in [-0.05, 0) is 19.8 Å². The lowest BCUT2D eigenvalue weighted by atomic mass is 10.1. The Balaban J connectivity index is 2.28. The third-order valence-corrected chi connectivity index (χ3v) is 5.05. The Kier molecular flexibility index (Phi) is 3.30. The maximum Gasteiger partial charge on any atom is 0.246 e. The van der Waals surface area contributed by atoms with Gasteiger partial charge in [-0.1, -0.05) is 12.8 Å². The number of hydrogen-bond donors (Lipinski definition) is 1. The second-order valence-corrected chi connectivity index (χ2v) is 6.14.